The van der Waals surface area contributed by atoms with Crippen molar-refractivity contribution in [2.24, 2.45) is 5.92 Å². The molecule has 0 heterocycles. The average Bonchev–Trinajstić information content (AvgIpc) is 2.82. The van der Waals surface area contributed by atoms with Gasteiger partial charge in [0.25, 0.3) is 0 Å². The van der Waals surface area contributed by atoms with Crippen LogP contribution in [-0.2, 0) is 4.74 Å². The van der Waals surface area contributed by atoms with Crippen molar-refractivity contribution in [2.45, 2.75) is 38.1 Å². The summed E-state index contributed by atoms with van der Waals surface area (Å²) in [5.74, 6) is 0.601. The molecule has 4 heteroatoms. The van der Waals surface area contributed by atoms with Crippen LogP contribution in [0.25, 0.3) is 0 Å². The lowest BCUT2D eigenvalue weighted by molar-refractivity contribution is 0.110. The molecule has 1 rings (SSSR count). The molecule has 108 valence electrons. The molecule has 0 aromatic carbocycles. The topological polar surface area (TPSA) is 44.7 Å². The van der Waals surface area contributed by atoms with Gasteiger partial charge in [-0.1, -0.05) is 13.3 Å². The molecule has 0 radical (unpaired) electrons. The van der Waals surface area contributed by atoms with Gasteiger partial charge in [-0.3, -0.25) is 0 Å². The van der Waals surface area contributed by atoms with E-state index in [2.05, 4.69) is 17.1 Å². The van der Waals surface area contributed by atoms with E-state index in [0.717, 1.165) is 32.7 Å². The van der Waals surface area contributed by atoms with Crippen LogP contribution in [0.3, 0.4) is 0 Å². The third-order valence-corrected chi connectivity index (χ3v) is 4.59. The summed E-state index contributed by atoms with van der Waals surface area (Å²) in [6.45, 7) is 6.44. The molecule has 2 N–H and O–H groups in total. The summed E-state index contributed by atoms with van der Waals surface area (Å²) in [4.78, 5) is 2.43. The van der Waals surface area contributed by atoms with Crippen LogP contribution in [0.5, 0.6) is 0 Å². The SMILES string of the molecule is CCN(CCOC)CCC1CCCC1(CO)NC. The van der Waals surface area contributed by atoms with Crippen LogP contribution in [0.2, 0.25) is 0 Å². The van der Waals surface area contributed by atoms with Gasteiger partial charge in [0.1, 0.15) is 0 Å². The van der Waals surface area contributed by atoms with E-state index in [0.29, 0.717) is 5.92 Å². The van der Waals surface area contributed by atoms with Crippen molar-refractivity contribution in [1.29, 1.82) is 0 Å². The Morgan fingerprint density at radius 3 is 2.78 bits per heavy atom. The molecule has 0 saturated heterocycles. The number of nitrogens with zero attached hydrogens (tertiary/aromatic N) is 1. The lowest BCUT2D eigenvalue weighted by Gasteiger charge is -2.35. The molecule has 18 heavy (non-hydrogen) atoms. The fourth-order valence-electron chi connectivity index (χ4n) is 3.17. The monoisotopic (exact) mass is 258 g/mol. The minimum Gasteiger partial charge on any atom is -0.394 e. The minimum absolute atomic E-state index is 0.0271. The molecule has 0 spiro atoms. The van der Waals surface area contributed by atoms with Gasteiger partial charge in [0.15, 0.2) is 0 Å². The summed E-state index contributed by atoms with van der Waals surface area (Å²) in [5, 5.41) is 13.0. The van der Waals surface area contributed by atoms with Crippen molar-refractivity contribution >= 4 is 0 Å². The molecule has 0 bridgehead atoms. The van der Waals surface area contributed by atoms with Gasteiger partial charge in [0, 0.05) is 19.2 Å². The standard InChI is InChI=1S/C14H30N2O2/c1-4-16(10-11-18-3)9-7-13-6-5-8-14(13,12-17)15-2/h13,15,17H,4-12H2,1-3H3. The maximum atomic E-state index is 9.65. The highest BCUT2D eigenvalue weighted by Gasteiger charge is 2.40. The van der Waals surface area contributed by atoms with E-state index in [9.17, 15) is 5.11 Å². The molecular formula is C14H30N2O2. The largest absolute Gasteiger partial charge is 0.394 e. The molecule has 1 fully saturated rings. The van der Waals surface area contributed by atoms with Gasteiger partial charge >= 0.3 is 0 Å². The van der Waals surface area contributed by atoms with Crippen LogP contribution in [0.1, 0.15) is 32.6 Å². The molecule has 0 aromatic rings. The Morgan fingerprint density at radius 1 is 1.44 bits per heavy atom. The van der Waals surface area contributed by atoms with Gasteiger partial charge in [-0.15, -0.1) is 0 Å². The van der Waals surface area contributed by atoms with Gasteiger partial charge in [0.2, 0.25) is 0 Å². The Labute approximate surface area is 112 Å². The molecule has 1 aliphatic carbocycles. The van der Waals surface area contributed by atoms with E-state index < -0.39 is 0 Å². The molecule has 1 saturated carbocycles. The lowest BCUT2D eigenvalue weighted by atomic mass is 9.85. The van der Waals surface area contributed by atoms with Crippen molar-refractivity contribution < 1.29 is 9.84 Å². The zero-order chi connectivity index (χ0) is 13.4. The second-order valence-corrected chi connectivity index (χ2v) is 5.37. The molecule has 0 aliphatic heterocycles. The van der Waals surface area contributed by atoms with Crippen LogP contribution >= 0.6 is 0 Å². The smallest absolute Gasteiger partial charge is 0.0615 e. The highest BCUT2D eigenvalue weighted by molar-refractivity contribution is 4.98. The quantitative estimate of drug-likeness (QED) is 0.650. The fourth-order valence-corrected chi connectivity index (χ4v) is 3.17. The maximum Gasteiger partial charge on any atom is 0.0615 e. The van der Waals surface area contributed by atoms with Crippen LogP contribution in [0.4, 0.5) is 0 Å². The van der Waals surface area contributed by atoms with E-state index in [4.69, 9.17) is 4.74 Å². The third-order valence-electron chi connectivity index (χ3n) is 4.59. The van der Waals surface area contributed by atoms with Gasteiger partial charge in [-0.2, -0.15) is 0 Å². The highest BCUT2D eigenvalue weighted by Crippen LogP contribution is 2.37. The Balaban J connectivity index is 2.41. The Hall–Kier alpha value is -0.160. The molecule has 4 nitrogen and oxygen atoms in total. The van der Waals surface area contributed by atoms with E-state index in [-0.39, 0.29) is 12.1 Å². The lowest BCUT2D eigenvalue weighted by Crippen LogP contribution is -2.50. The first-order valence-corrected chi connectivity index (χ1v) is 7.23. The van der Waals surface area contributed by atoms with E-state index >= 15 is 0 Å². The maximum absolute atomic E-state index is 9.65. The van der Waals surface area contributed by atoms with Gasteiger partial charge in [-0.25, -0.2) is 0 Å². The number of rotatable bonds is 9. The normalized spacial score (nSPS) is 28.2. The first kappa shape index (κ1) is 15.9. The molecule has 0 amide bonds. The van der Waals surface area contributed by atoms with Crippen LogP contribution in [-0.4, -0.2) is 62.6 Å². The Kier molecular flexibility index (Phi) is 7.15. The predicted octanol–water partition coefficient (Wildman–Crippen LogP) is 1.10. The minimum atomic E-state index is -0.0271. The third kappa shape index (κ3) is 3.92. The second-order valence-electron chi connectivity index (χ2n) is 5.37. The zero-order valence-electron chi connectivity index (χ0n) is 12.2. The molecule has 2 atom stereocenters. The first-order valence-electron chi connectivity index (χ1n) is 7.23. The number of aliphatic hydroxyl groups excluding tert-OH is 1. The average molecular weight is 258 g/mol. The van der Waals surface area contributed by atoms with Crippen molar-refractivity contribution in [3.8, 4) is 0 Å². The van der Waals surface area contributed by atoms with Crippen molar-refractivity contribution in [3.05, 3.63) is 0 Å². The number of nitrogens with one attached hydrogen (secondary N) is 1. The summed E-state index contributed by atoms with van der Waals surface area (Å²) >= 11 is 0. The number of likely N-dealkylation sites (N-methyl/N-ethyl adjacent to an activating group) is 2. The summed E-state index contributed by atoms with van der Waals surface area (Å²) < 4.78 is 5.14. The van der Waals surface area contributed by atoms with Crippen molar-refractivity contribution in [3.63, 3.8) is 0 Å². The molecule has 2 unspecified atom stereocenters. The van der Waals surface area contributed by atoms with Crippen LogP contribution in [0.15, 0.2) is 0 Å². The summed E-state index contributed by atoms with van der Waals surface area (Å²) in [6.07, 6.45) is 4.74. The molecule has 1 aliphatic rings. The second kappa shape index (κ2) is 8.10. The van der Waals surface area contributed by atoms with Gasteiger partial charge < -0.3 is 20.1 Å². The summed E-state index contributed by atoms with van der Waals surface area (Å²) in [5.41, 5.74) is -0.0271. The van der Waals surface area contributed by atoms with Gasteiger partial charge in [-0.05, 0) is 45.3 Å². The van der Waals surface area contributed by atoms with E-state index in [1.807, 2.05) is 7.05 Å². The van der Waals surface area contributed by atoms with Crippen molar-refractivity contribution in [1.82, 2.24) is 10.2 Å². The Morgan fingerprint density at radius 2 is 2.22 bits per heavy atom. The number of ether oxygens (including phenoxy) is 1. The summed E-state index contributed by atoms with van der Waals surface area (Å²) in [7, 11) is 3.74. The van der Waals surface area contributed by atoms with Gasteiger partial charge in [0.05, 0.1) is 13.2 Å². The van der Waals surface area contributed by atoms with E-state index in [1.165, 1.54) is 19.3 Å². The highest BCUT2D eigenvalue weighted by atomic mass is 16.5. The zero-order valence-corrected chi connectivity index (χ0v) is 12.2. The number of hydrogen-bond acceptors (Lipinski definition) is 4. The summed E-state index contributed by atoms with van der Waals surface area (Å²) in [6, 6.07) is 0. The van der Waals surface area contributed by atoms with Crippen LogP contribution in [0, 0.1) is 5.92 Å². The van der Waals surface area contributed by atoms with E-state index in [1.54, 1.807) is 7.11 Å². The fraction of sp³-hybridized carbons (Fsp3) is 1.00. The number of hydrogen-bond donors (Lipinski definition) is 2. The molecule has 0 aromatic heterocycles. The Bertz CT molecular complexity index is 220. The predicted molar refractivity (Wildman–Crippen MR) is 74.8 cm³/mol. The first-order chi connectivity index (χ1) is 8.72. The number of methoxy groups -OCH3 is 1. The molecular weight excluding hydrogens is 228 g/mol. The van der Waals surface area contributed by atoms with Crippen molar-refractivity contribution in [2.75, 3.05) is 47.0 Å². The number of aliphatic hydroxyl groups is 1. The van der Waals surface area contributed by atoms with Crippen LogP contribution < -0.4 is 5.32 Å².